The summed E-state index contributed by atoms with van der Waals surface area (Å²) >= 11 is 6.08. The molecule has 0 bridgehead atoms. The van der Waals surface area contributed by atoms with Gasteiger partial charge in [0.2, 0.25) is 5.91 Å². The lowest BCUT2D eigenvalue weighted by atomic mass is 9.63. The zero-order valence-corrected chi connectivity index (χ0v) is 20.1. The highest BCUT2D eigenvalue weighted by atomic mass is 35.5. The first kappa shape index (κ1) is 23.6. The third-order valence-corrected chi connectivity index (χ3v) is 6.28. The van der Waals surface area contributed by atoms with Gasteiger partial charge in [0.15, 0.2) is 11.5 Å². The minimum absolute atomic E-state index is 0.00686. The van der Waals surface area contributed by atoms with Crippen molar-refractivity contribution in [2.45, 2.75) is 39.7 Å². The zero-order chi connectivity index (χ0) is 24.5. The van der Waals surface area contributed by atoms with Crippen molar-refractivity contribution >= 4 is 35.1 Å². The van der Waals surface area contributed by atoms with E-state index in [4.69, 9.17) is 16.3 Å². The molecule has 3 heterocycles. The minimum Gasteiger partial charge on any atom is -0.441 e. The van der Waals surface area contributed by atoms with Crippen molar-refractivity contribution < 1.29 is 14.3 Å². The molecule has 4 rings (SSSR count). The fraction of sp³-hybridized carbons (Fsp3) is 0.391. The van der Waals surface area contributed by atoms with Crippen molar-refractivity contribution in [2.24, 2.45) is 18.4 Å². The fourth-order valence-corrected chi connectivity index (χ4v) is 4.55. The molecular formula is C23H26ClN7O3. The molecule has 0 unspecified atom stereocenters. The number of pyridine rings is 2. The fourth-order valence-electron chi connectivity index (χ4n) is 4.28. The number of hydrogen-bond acceptors (Lipinski definition) is 7. The zero-order valence-electron chi connectivity index (χ0n) is 19.4. The summed E-state index contributed by atoms with van der Waals surface area (Å²) in [4.78, 5) is 33.5. The normalized spacial score (nSPS) is 20.2. The standard InChI is InChI=1S/C23H26ClN7O3/c1-13-10-23(3,11-13)21(32)27-15-7-8-17(26-12-15)18-20(31(4)30-29-18)28-22(33)34-14(2)16-6-5-9-25-19(16)24/h5-9,12-14H,10-11H2,1-4H3,(H,27,32)(H,28,33)/t13?,14-,23?/m1/s1. The molecule has 0 saturated heterocycles. The van der Waals surface area contributed by atoms with E-state index in [0.717, 1.165) is 12.8 Å². The predicted molar refractivity (Wildman–Crippen MR) is 127 cm³/mol. The second-order valence-electron chi connectivity index (χ2n) is 8.93. The Morgan fingerprint density at radius 2 is 2.00 bits per heavy atom. The number of carbonyl (C=O) groups is 2. The van der Waals surface area contributed by atoms with Crippen LogP contribution in [0, 0.1) is 11.3 Å². The van der Waals surface area contributed by atoms with Gasteiger partial charge in [0.05, 0.1) is 17.6 Å². The molecule has 1 aliphatic carbocycles. The van der Waals surface area contributed by atoms with Crippen LogP contribution in [0.4, 0.5) is 16.3 Å². The Morgan fingerprint density at radius 3 is 2.65 bits per heavy atom. The van der Waals surface area contributed by atoms with Gasteiger partial charge in [-0.05, 0) is 43.9 Å². The molecule has 0 aromatic carbocycles. The number of halogens is 1. The van der Waals surface area contributed by atoms with E-state index in [-0.39, 0.29) is 16.5 Å². The number of nitrogens with zero attached hydrogens (tertiary/aromatic N) is 5. The van der Waals surface area contributed by atoms with Gasteiger partial charge in [-0.1, -0.05) is 36.7 Å². The number of ether oxygens (including phenoxy) is 1. The average molecular weight is 484 g/mol. The molecular weight excluding hydrogens is 458 g/mol. The molecule has 178 valence electrons. The summed E-state index contributed by atoms with van der Waals surface area (Å²) in [5.74, 6) is 0.872. The topological polar surface area (TPSA) is 124 Å². The van der Waals surface area contributed by atoms with Crippen LogP contribution >= 0.6 is 11.6 Å². The lowest BCUT2D eigenvalue weighted by Gasteiger charge is -2.42. The molecule has 1 saturated carbocycles. The van der Waals surface area contributed by atoms with E-state index in [2.05, 4.69) is 37.8 Å². The monoisotopic (exact) mass is 483 g/mol. The summed E-state index contributed by atoms with van der Waals surface area (Å²) in [7, 11) is 1.64. The number of rotatable bonds is 6. The third-order valence-electron chi connectivity index (χ3n) is 5.97. The van der Waals surface area contributed by atoms with E-state index < -0.39 is 12.2 Å². The number of anilines is 2. The molecule has 11 heteroatoms. The van der Waals surface area contributed by atoms with E-state index in [9.17, 15) is 9.59 Å². The van der Waals surface area contributed by atoms with Crippen molar-refractivity contribution in [1.82, 2.24) is 25.0 Å². The van der Waals surface area contributed by atoms with Gasteiger partial charge in [0, 0.05) is 24.2 Å². The van der Waals surface area contributed by atoms with Crippen LogP contribution in [0.5, 0.6) is 0 Å². The minimum atomic E-state index is -0.703. The summed E-state index contributed by atoms with van der Waals surface area (Å²) in [6.45, 7) is 5.82. The summed E-state index contributed by atoms with van der Waals surface area (Å²) in [6.07, 6.45) is 3.55. The van der Waals surface area contributed by atoms with Gasteiger partial charge >= 0.3 is 6.09 Å². The number of aryl methyl sites for hydroxylation is 1. The molecule has 3 aromatic rings. The van der Waals surface area contributed by atoms with Crippen LogP contribution in [-0.4, -0.2) is 37.0 Å². The maximum Gasteiger partial charge on any atom is 0.413 e. The van der Waals surface area contributed by atoms with Crippen LogP contribution in [0.2, 0.25) is 5.15 Å². The van der Waals surface area contributed by atoms with Gasteiger partial charge in [-0.3, -0.25) is 15.1 Å². The maximum absolute atomic E-state index is 12.6. The molecule has 34 heavy (non-hydrogen) atoms. The van der Waals surface area contributed by atoms with Crippen LogP contribution in [0.1, 0.15) is 45.3 Å². The Labute approximate surface area is 202 Å². The van der Waals surface area contributed by atoms with E-state index >= 15 is 0 Å². The van der Waals surface area contributed by atoms with Crippen LogP contribution in [0.3, 0.4) is 0 Å². The highest BCUT2D eigenvalue weighted by molar-refractivity contribution is 6.30. The average Bonchev–Trinajstić information content (AvgIpc) is 3.13. The van der Waals surface area contributed by atoms with Gasteiger partial charge in [-0.25, -0.2) is 14.5 Å². The Morgan fingerprint density at radius 1 is 1.24 bits per heavy atom. The van der Waals surface area contributed by atoms with E-state index in [0.29, 0.717) is 34.4 Å². The van der Waals surface area contributed by atoms with Crippen molar-refractivity contribution in [3.8, 4) is 11.4 Å². The van der Waals surface area contributed by atoms with Gasteiger partial charge in [0.25, 0.3) is 0 Å². The molecule has 0 spiro atoms. The number of nitrogens with one attached hydrogen (secondary N) is 2. The Hall–Kier alpha value is -3.53. The molecule has 2 amide bonds. The first-order chi connectivity index (χ1) is 16.2. The predicted octanol–water partition coefficient (Wildman–Crippen LogP) is 4.61. The van der Waals surface area contributed by atoms with Gasteiger partial charge in [0.1, 0.15) is 11.3 Å². The molecule has 1 aliphatic rings. The number of aromatic nitrogens is 5. The van der Waals surface area contributed by atoms with Crippen molar-refractivity contribution in [3.05, 3.63) is 47.4 Å². The van der Waals surface area contributed by atoms with E-state index in [1.807, 2.05) is 6.92 Å². The third kappa shape index (κ3) is 4.86. The van der Waals surface area contributed by atoms with Crippen molar-refractivity contribution in [2.75, 3.05) is 10.6 Å². The van der Waals surface area contributed by atoms with Crippen molar-refractivity contribution in [3.63, 3.8) is 0 Å². The van der Waals surface area contributed by atoms with Gasteiger partial charge in [-0.15, -0.1) is 5.10 Å². The lowest BCUT2D eigenvalue weighted by Crippen LogP contribution is -2.43. The smallest absolute Gasteiger partial charge is 0.413 e. The highest BCUT2D eigenvalue weighted by Crippen LogP contribution is 2.45. The van der Waals surface area contributed by atoms with Crippen LogP contribution in [-0.2, 0) is 16.6 Å². The molecule has 0 aliphatic heterocycles. The molecule has 2 N–H and O–H groups in total. The first-order valence-electron chi connectivity index (χ1n) is 10.9. The lowest BCUT2D eigenvalue weighted by molar-refractivity contribution is -0.131. The molecule has 1 atom stereocenters. The van der Waals surface area contributed by atoms with Crippen LogP contribution in [0.15, 0.2) is 36.7 Å². The second-order valence-corrected chi connectivity index (χ2v) is 9.28. The Bertz CT molecular complexity index is 1210. The molecule has 1 fully saturated rings. The maximum atomic E-state index is 12.6. The van der Waals surface area contributed by atoms with Crippen LogP contribution < -0.4 is 10.6 Å². The highest BCUT2D eigenvalue weighted by Gasteiger charge is 2.43. The summed E-state index contributed by atoms with van der Waals surface area (Å²) in [5.41, 5.74) is 1.69. The van der Waals surface area contributed by atoms with E-state index in [1.165, 1.54) is 4.68 Å². The van der Waals surface area contributed by atoms with E-state index in [1.54, 1.807) is 50.6 Å². The molecule has 3 aromatic heterocycles. The number of amides is 2. The Balaban J connectivity index is 1.43. The summed E-state index contributed by atoms with van der Waals surface area (Å²) < 4.78 is 6.85. The SMILES string of the molecule is CC1CC(C)(C(=O)Nc2ccc(-c3nnn(C)c3NC(=O)O[C@H](C)c3cccnc3Cl)nc2)C1. The number of hydrogen-bond donors (Lipinski definition) is 2. The second kappa shape index (κ2) is 9.38. The van der Waals surface area contributed by atoms with Crippen LogP contribution in [0.25, 0.3) is 11.4 Å². The summed E-state index contributed by atoms with van der Waals surface area (Å²) in [6, 6.07) is 6.91. The quantitative estimate of drug-likeness (QED) is 0.490. The summed E-state index contributed by atoms with van der Waals surface area (Å²) in [5, 5.41) is 14.0. The Kier molecular flexibility index (Phi) is 6.52. The largest absolute Gasteiger partial charge is 0.441 e. The number of carbonyl (C=O) groups excluding carboxylic acids is 2. The van der Waals surface area contributed by atoms with Gasteiger partial charge < -0.3 is 10.1 Å². The first-order valence-corrected chi connectivity index (χ1v) is 11.3. The van der Waals surface area contributed by atoms with Crippen molar-refractivity contribution in [1.29, 1.82) is 0 Å². The molecule has 0 radical (unpaired) electrons. The molecule has 10 nitrogen and oxygen atoms in total. The van der Waals surface area contributed by atoms with Gasteiger partial charge in [-0.2, -0.15) is 0 Å².